The Balaban J connectivity index is 1.22. The molecular weight excluding hydrogens is 527 g/mol. The van der Waals surface area contributed by atoms with Gasteiger partial charge in [-0.15, -0.1) is 0 Å². The number of benzene rings is 1. The van der Waals surface area contributed by atoms with Crippen molar-refractivity contribution in [3.05, 3.63) is 29.3 Å². The van der Waals surface area contributed by atoms with Crippen molar-refractivity contribution in [1.29, 1.82) is 0 Å². The number of alkyl halides is 4. The normalized spacial score (nSPS) is 27.3. The second kappa shape index (κ2) is 9.60. The summed E-state index contributed by atoms with van der Waals surface area (Å²) in [6.45, 7) is -1.23. The molecule has 2 aromatic rings. The molecule has 2 amide bonds. The standard InChI is InChI=1S/C26H29F5N4O4/c27-19-15(16-9-38-10-17(16)23(36)35-11-26(30,31)12-35)5-6-18-21(19)33-22(32-18)20(13-3-1-2-4-13)34-24(37)39-14-7-25(28,29)8-14/h5-6,13-14,16-17,20H,1-4,7-12H2,(H,32,33)(H,34,37)/t16?,17?,20-/m0/s1. The molecule has 212 valence electrons. The number of hydrogen-bond acceptors (Lipinski definition) is 5. The van der Waals surface area contributed by atoms with Crippen molar-refractivity contribution in [2.75, 3.05) is 26.3 Å². The molecule has 2 saturated carbocycles. The lowest BCUT2D eigenvalue weighted by atomic mass is 9.86. The zero-order valence-corrected chi connectivity index (χ0v) is 21.0. The number of imidazole rings is 1. The van der Waals surface area contributed by atoms with Gasteiger partial charge in [0.15, 0.2) is 5.82 Å². The van der Waals surface area contributed by atoms with Gasteiger partial charge in [0.1, 0.15) is 17.4 Å². The van der Waals surface area contributed by atoms with Gasteiger partial charge in [0.2, 0.25) is 5.91 Å². The molecule has 2 aliphatic carbocycles. The van der Waals surface area contributed by atoms with Gasteiger partial charge in [-0.05, 0) is 30.4 Å². The number of hydrogen-bond donors (Lipinski definition) is 2. The molecule has 1 aromatic carbocycles. The zero-order valence-electron chi connectivity index (χ0n) is 21.0. The summed E-state index contributed by atoms with van der Waals surface area (Å²) in [5.41, 5.74) is 0.611. The SMILES string of the molecule is O=C(N[C@H](c1nc2c(F)c(C3COCC3C(=O)N3CC(F)(F)C3)ccc2[nH]1)C1CCCC1)OC1CC(F)(F)C1. The minimum atomic E-state index is -2.90. The Kier molecular flexibility index (Phi) is 6.47. The van der Waals surface area contributed by atoms with Crippen LogP contribution in [0.1, 0.15) is 61.9 Å². The van der Waals surface area contributed by atoms with Gasteiger partial charge in [-0.1, -0.05) is 18.9 Å². The van der Waals surface area contributed by atoms with Crippen molar-refractivity contribution in [2.45, 2.75) is 68.4 Å². The number of H-pyrrole nitrogens is 1. The number of carbonyl (C=O) groups is 2. The van der Waals surface area contributed by atoms with Crippen LogP contribution in [0.4, 0.5) is 26.7 Å². The van der Waals surface area contributed by atoms with Gasteiger partial charge in [0, 0.05) is 18.8 Å². The van der Waals surface area contributed by atoms with Crippen LogP contribution in [0.5, 0.6) is 0 Å². The van der Waals surface area contributed by atoms with Crippen LogP contribution in [-0.4, -0.2) is 71.1 Å². The molecule has 2 unspecified atom stereocenters. The van der Waals surface area contributed by atoms with Crippen molar-refractivity contribution < 1.29 is 41.0 Å². The van der Waals surface area contributed by atoms with Gasteiger partial charge in [-0.3, -0.25) is 4.79 Å². The van der Waals surface area contributed by atoms with E-state index in [-0.39, 0.29) is 30.2 Å². The van der Waals surface area contributed by atoms with E-state index in [0.717, 1.165) is 30.6 Å². The van der Waals surface area contributed by atoms with Crippen LogP contribution in [-0.2, 0) is 14.3 Å². The van der Waals surface area contributed by atoms with Crippen molar-refractivity contribution in [3.8, 4) is 0 Å². The van der Waals surface area contributed by atoms with E-state index in [1.54, 1.807) is 6.07 Å². The van der Waals surface area contributed by atoms with Crippen LogP contribution in [0, 0.1) is 17.7 Å². The molecule has 3 atom stereocenters. The van der Waals surface area contributed by atoms with E-state index < -0.39 is 79.6 Å². The number of aromatic amines is 1. The second-order valence-electron chi connectivity index (χ2n) is 11.2. The van der Waals surface area contributed by atoms with Gasteiger partial charge in [0.25, 0.3) is 11.8 Å². The largest absolute Gasteiger partial charge is 0.446 e. The van der Waals surface area contributed by atoms with E-state index >= 15 is 4.39 Å². The van der Waals surface area contributed by atoms with E-state index in [1.807, 2.05) is 0 Å². The van der Waals surface area contributed by atoms with Gasteiger partial charge in [-0.25, -0.2) is 31.7 Å². The van der Waals surface area contributed by atoms with Crippen LogP contribution >= 0.6 is 0 Å². The van der Waals surface area contributed by atoms with Crippen molar-refractivity contribution in [1.82, 2.24) is 20.2 Å². The van der Waals surface area contributed by atoms with Crippen LogP contribution in [0.15, 0.2) is 12.1 Å². The second-order valence-corrected chi connectivity index (χ2v) is 11.2. The zero-order chi connectivity index (χ0) is 27.5. The third-order valence-electron chi connectivity index (χ3n) is 8.36. The summed E-state index contributed by atoms with van der Waals surface area (Å²) in [5, 5.41) is 2.75. The smallest absolute Gasteiger partial charge is 0.408 e. The molecule has 2 aliphatic heterocycles. The highest BCUT2D eigenvalue weighted by atomic mass is 19.3. The quantitative estimate of drug-likeness (QED) is 0.505. The summed E-state index contributed by atoms with van der Waals surface area (Å²) in [5.74, 6) is -7.98. The summed E-state index contributed by atoms with van der Waals surface area (Å²) in [7, 11) is 0. The third-order valence-corrected chi connectivity index (χ3v) is 8.36. The Bertz CT molecular complexity index is 1260. The molecule has 4 fully saturated rings. The number of fused-ring (bicyclic) bond motifs is 1. The first-order valence-electron chi connectivity index (χ1n) is 13.3. The predicted molar refractivity (Wildman–Crippen MR) is 127 cm³/mol. The highest BCUT2D eigenvalue weighted by Crippen LogP contribution is 2.41. The minimum Gasteiger partial charge on any atom is -0.446 e. The maximum Gasteiger partial charge on any atom is 0.408 e. The van der Waals surface area contributed by atoms with Gasteiger partial charge in [0.05, 0.1) is 43.8 Å². The van der Waals surface area contributed by atoms with Crippen molar-refractivity contribution >= 4 is 23.0 Å². The molecule has 0 spiro atoms. The molecule has 2 saturated heterocycles. The fourth-order valence-electron chi connectivity index (χ4n) is 6.22. The number of nitrogens with zero attached hydrogens (tertiary/aromatic N) is 2. The lowest BCUT2D eigenvalue weighted by molar-refractivity contribution is -0.169. The van der Waals surface area contributed by atoms with E-state index in [4.69, 9.17) is 9.47 Å². The van der Waals surface area contributed by atoms with Gasteiger partial charge >= 0.3 is 6.09 Å². The molecule has 0 radical (unpaired) electrons. The predicted octanol–water partition coefficient (Wildman–Crippen LogP) is 4.66. The van der Waals surface area contributed by atoms with Crippen LogP contribution in [0.25, 0.3) is 11.0 Å². The van der Waals surface area contributed by atoms with E-state index in [2.05, 4.69) is 15.3 Å². The number of carbonyl (C=O) groups excluding carboxylic acids is 2. The first-order chi connectivity index (χ1) is 18.5. The van der Waals surface area contributed by atoms with Gasteiger partial charge < -0.3 is 24.7 Å². The molecule has 8 nitrogen and oxygen atoms in total. The highest BCUT2D eigenvalue weighted by molar-refractivity contribution is 5.82. The topological polar surface area (TPSA) is 96.5 Å². The third kappa shape index (κ3) is 5.05. The highest BCUT2D eigenvalue weighted by Gasteiger charge is 2.50. The molecule has 4 aliphatic rings. The molecule has 1 aromatic heterocycles. The average molecular weight is 557 g/mol. The number of aromatic nitrogens is 2. The van der Waals surface area contributed by atoms with E-state index in [9.17, 15) is 27.2 Å². The van der Waals surface area contributed by atoms with Gasteiger partial charge in [-0.2, -0.15) is 0 Å². The van der Waals surface area contributed by atoms with Crippen molar-refractivity contribution in [3.63, 3.8) is 0 Å². The Morgan fingerprint density at radius 1 is 1.10 bits per heavy atom. The fourth-order valence-corrected chi connectivity index (χ4v) is 6.22. The fraction of sp³-hybridized carbons (Fsp3) is 0.654. The molecule has 13 heteroatoms. The Hall–Kier alpha value is -2.96. The first kappa shape index (κ1) is 26.3. The summed E-state index contributed by atoms with van der Waals surface area (Å²) < 4.78 is 79.4. The summed E-state index contributed by atoms with van der Waals surface area (Å²) in [6, 6.07) is 2.53. The molecule has 3 heterocycles. The maximum atomic E-state index is 15.8. The van der Waals surface area contributed by atoms with Crippen LogP contribution < -0.4 is 5.32 Å². The Morgan fingerprint density at radius 3 is 2.49 bits per heavy atom. The Morgan fingerprint density at radius 2 is 1.82 bits per heavy atom. The number of nitrogens with one attached hydrogen (secondary N) is 2. The molecular formula is C26H29F5N4O4. The lowest BCUT2D eigenvalue weighted by Gasteiger charge is -2.40. The van der Waals surface area contributed by atoms with Crippen LogP contribution in [0.2, 0.25) is 0 Å². The number of likely N-dealkylation sites (tertiary alicyclic amines) is 1. The molecule has 0 bridgehead atoms. The summed E-state index contributed by atoms with van der Waals surface area (Å²) in [6.07, 6.45) is 0.800. The number of alkyl carbamates (subject to hydrolysis) is 1. The Labute approximate surface area is 220 Å². The minimum absolute atomic E-state index is 0.00311. The summed E-state index contributed by atoms with van der Waals surface area (Å²) >= 11 is 0. The number of rotatable bonds is 6. The molecule has 39 heavy (non-hydrogen) atoms. The molecule has 2 N–H and O–H groups in total. The van der Waals surface area contributed by atoms with E-state index in [0.29, 0.717) is 11.3 Å². The number of amides is 2. The maximum absolute atomic E-state index is 15.8. The lowest BCUT2D eigenvalue weighted by Crippen LogP contribution is -2.60. The van der Waals surface area contributed by atoms with Crippen LogP contribution in [0.3, 0.4) is 0 Å². The number of ether oxygens (including phenoxy) is 2. The first-order valence-corrected chi connectivity index (χ1v) is 13.3. The van der Waals surface area contributed by atoms with Crippen molar-refractivity contribution in [2.24, 2.45) is 11.8 Å². The number of halogens is 5. The van der Waals surface area contributed by atoms with E-state index in [1.165, 1.54) is 6.07 Å². The monoisotopic (exact) mass is 556 g/mol. The average Bonchev–Trinajstić information content (AvgIpc) is 3.60. The summed E-state index contributed by atoms with van der Waals surface area (Å²) in [4.78, 5) is 34.0. The molecule has 6 rings (SSSR count).